The van der Waals surface area contributed by atoms with Gasteiger partial charge >= 0.3 is 0 Å². The molecule has 2 aromatic rings. The molecule has 9 heteroatoms. The first kappa shape index (κ1) is 16.8. The number of nitrogens with zero attached hydrogens (tertiary/aromatic N) is 4. The Morgan fingerprint density at radius 1 is 1.36 bits per heavy atom. The van der Waals surface area contributed by atoms with Crippen LogP contribution in [0.25, 0.3) is 0 Å². The summed E-state index contributed by atoms with van der Waals surface area (Å²) < 4.78 is 26.3. The number of phenols is 1. The second-order valence-electron chi connectivity index (χ2n) is 4.70. The molecule has 0 radical (unpaired) electrons. The molecule has 1 aromatic carbocycles. The minimum atomic E-state index is -3.40. The summed E-state index contributed by atoms with van der Waals surface area (Å²) in [6, 6.07) is 4.54. The second-order valence-corrected chi connectivity index (χ2v) is 7.84. The van der Waals surface area contributed by atoms with Gasteiger partial charge in [0.25, 0.3) is 0 Å². The topological polar surface area (TPSA) is 98.0 Å². The van der Waals surface area contributed by atoms with E-state index in [2.05, 4.69) is 15.5 Å². The Hall–Kier alpha value is -1.61. The fourth-order valence-electron chi connectivity index (χ4n) is 1.96. The average Bonchev–Trinajstić information content (AvgIpc) is 2.94. The molecule has 22 heavy (non-hydrogen) atoms. The Morgan fingerprint density at radius 3 is 2.86 bits per heavy atom. The van der Waals surface area contributed by atoms with Crippen molar-refractivity contribution in [2.24, 2.45) is 0 Å². The summed E-state index contributed by atoms with van der Waals surface area (Å²) in [6.45, 7) is 4.22. The Balaban J connectivity index is 1.95. The highest BCUT2D eigenvalue weighted by atomic mass is 32.2. The molecule has 0 fully saturated rings. The van der Waals surface area contributed by atoms with E-state index < -0.39 is 9.84 Å². The van der Waals surface area contributed by atoms with E-state index in [0.29, 0.717) is 29.4 Å². The Bertz CT molecular complexity index is 743. The standard InChI is InChI=1S/C13H18N4O3S2/c1-3-17-13(14-15-16-17)21-8-5-9-22(19,20)12-7-4-6-11(18)10(12)2/h4,6-7,18H,3,5,8-9H2,1-2H3. The number of aromatic nitrogens is 4. The molecule has 1 N–H and O–H groups in total. The van der Waals surface area contributed by atoms with E-state index in [1.807, 2.05) is 6.92 Å². The van der Waals surface area contributed by atoms with Gasteiger partial charge < -0.3 is 5.11 Å². The van der Waals surface area contributed by atoms with Crippen LogP contribution in [-0.4, -0.2) is 45.2 Å². The number of sulfone groups is 1. The average molecular weight is 342 g/mol. The van der Waals surface area contributed by atoms with Crippen LogP contribution < -0.4 is 0 Å². The van der Waals surface area contributed by atoms with Gasteiger partial charge in [-0.25, -0.2) is 13.1 Å². The molecule has 0 atom stereocenters. The quantitative estimate of drug-likeness (QED) is 0.603. The molecule has 2 rings (SSSR count). The number of benzene rings is 1. The van der Waals surface area contributed by atoms with Gasteiger partial charge in [0.2, 0.25) is 5.16 Å². The summed E-state index contributed by atoms with van der Waals surface area (Å²) in [5.41, 5.74) is 0.394. The van der Waals surface area contributed by atoms with E-state index >= 15 is 0 Å². The summed E-state index contributed by atoms with van der Waals surface area (Å²) in [6.07, 6.45) is 0.485. The minimum absolute atomic E-state index is 0.00225. The molecule has 0 aliphatic carbocycles. The van der Waals surface area contributed by atoms with E-state index in [0.717, 1.165) is 0 Å². The van der Waals surface area contributed by atoms with Crippen LogP contribution in [0.5, 0.6) is 5.75 Å². The third-order valence-corrected chi connectivity index (χ3v) is 6.16. The zero-order valence-electron chi connectivity index (χ0n) is 12.4. The van der Waals surface area contributed by atoms with Crippen molar-refractivity contribution < 1.29 is 13.5 Å². The van der Waals surface area contributed by atoms with Gasteiger partial charge in [-0.15, -0.1) is 5.10 Å². The van der Waals surface area contributed by atoms with Crippen LogP contribution in [0, 0.1) is 6.92 Å². The van der Waals surface area contributed by atoms with Crippen molar-refractivity contribution in [2.75, 3.05) is 11.5 Å². The number of aryl methyl sites for hydroxylation is 1. The van der Waals surface area contributed by atoms with Crippen LogP contribution in [0.1, 0.15) is 18.9 Å². The molecular weight excluding hydrogens is 324 g/mol. The van der Waals surface area contributed by atoms with Crippen molar-refractivity contribution >= 4 is 21.6 Å². The number of phenolic OH excluding ortho intramolecular Hbond substituents is 1. The van der Waals surface area contributed by atoms with Gasteiger partial charge in [-0.3, -0.25) is 0 Å². The monoisotopic (exact) mass is 342 g/mol. The molecule has 7 nitrogen and oxygen atoms in total. The molecular formula is C13H18N4O3S2. The lowest BCUT2D eigenvalue weighted by Gasteiger charge is -2.08. The number of aromatic hydroxyl groups is 1. The molecule has 0 bridgehead atoms. The Labute approximate surface area is 133 Å². The molecule has 0 aliphatic rings. The third kappa shape index (κ3) is 3.77. The molecule has 1 aromatic heterocycles. The highest BCUT2D eigenvalue weighted by Crippen LogP contribution is 2.25. The van der Waals surface area contributed by atoms with Crippen molar-refractivity contribution in [1.82, 2.24) is 20.2 Å². The summed E-state index contributed by atoms with van der Waals surface area (Å²) >= 11 is 1.43. The Morgan fingerprint density at radius 2 is 2.14 bits per heavy atom. The van der Waals surface area contributed by atoms with Crippen LogP contribution in [-0.2, 0) is 16.4 Å². The lowest BCUT2D eigenvalue weighted by molar-refractivity contribution is 0.468. The smallest absolute Gasteiger partial charge is 0.209 e. The first-order valence-electron chi connectivity index (χ1n) is 6.86. The summed E-state index contributed by atoms with van der Waals surface area (Å²) in [5, 5.41) is 21.6. The normalized spacial score (nSPS) is 11.7. The first-order chi connectivity index (χ1) is 10.5. The zero-order valence-corrected chi connectivity index (χ0v) is 14.1. The first-order valence-corrected chi connectivity index (χ1v) is 9.49. The molecule has 0 spiro atoms. The van der Waals surface area contributed by atoms with Crippen LogP contribution in [0.3, 0.4) is 0 Å². The van der Waals surface area contributed by atoms with Crippen LogP contribution in [0.4, 0.5) is 0 Å². The van der Waals surface area contributed by atoms with Crippen molar-refractivity contribution in [3.8, 4) is 5.75 Å². The van der Waals surface area contributed by atoms with Crippen molar-refractivity contribution in [3.63, 3.8) is 0 Å². The predicted octanol–water partition coefficient (Wildman–Crippen LogP) is 1.66. The SMILES string of the molecule is CCn1nnnc1SCCCS(=O)(=O)c1cccc(O)c1C. The molecule has 0 saturated heterocycles. The van der Waals surface area contributed by atoms with E-state index in [1.54, 1.807) is 17.7 Å². The number of rotatable bonds is 7. The van der Waals surface area contributed by atoms with Gasteiger partial charge in [0.1, 0.15) is 5.75 Å². The van der Waals surface area contributed by atoms with Crippen LogP contribution in [0.2, 0.25) is 0 Å². The van der Waals surface area contributed by atoms with E-state index in [-0.39, 0.29) is 16.4 Å². The van der Waals surface area contributed by atoms with Gasteiger partial charge in [0, 0.05) is 17.9 Å². The predicted molar refractivity (Wildman–Crippen MR) is 83.7 cm³/mol. The maximum atomic E-state index is 12.3. The number of thioether (sulfide) groups is 1. The van der Waals surface area contributed by atoms with Crippen LogP contribution >= 0.6 is 11.8 Å². The van der Waals surface area contributed by atoms with Crippen molar-refractivity contribution in [3.05, 3.63) is 23.8 Å². The summed E-state index contributed by atoms with van der Waals surface area (Å²) in [5.74, 6) is 0.632. The molecule has 0 unspecified atom stereocenters. The zero-order chi connectivity index (χ0) is 16.2. The second kappa shape index (κ2) is 7.10. The molecule has 120 valence electrons. The van der Waals surface area contributed by atoms with Crippen LogP contribution in [0.15, 0.2) is 28.3 Å². The van der Waals surface area contributed by atoms with E-state index in [1.165, 1.54) is 23.9 Å². The lowest BCUT2D eigenvalue weighted by Crippen LogP contribution is -2.09. The van der Waals surface area contributed by atoms with Gasteiger partial charge in [-0.1, -0.05) is 17.8 Å². The fourth-order valence-corrected chi connectivity index (χ4v) is 4.62. The van der Waals surface area contributed by atoms with Gasteiger partial charge in [-0.05, 0) is 42.8 Å². The molecule has 0 saturated carbocycles. The van der Waals surface area contributed by atoms with Crippen molar-refractivity contribution in [1.29, 1.82) is 0 Å². The molecule has 0 amide bonds. The minimum Gasteiger partial charge on any atom is -0.508 e. The number of hydrogen-bond acceptors (Lipinski definition) is 7. The number of hydrogen-bond donors (Lipinski definition) is 1. The number of tetrazole rings is 1. The van der Waals surface area contributed by atoms with Gasteiger partial charge in [0.05, 0.1) is 10.6 Å². The molecule has 0 aliphatic heterocycles. The largest absolute Gasteiger partial charge is 0.508 e. The third-order valence-electron chi connectivity index (χ3n) is 3.18. The summed E-state index contributed by atoms with van der Waals surface area (Å²) in [4.78, 5) is 0.191. The summed E-state index contributed by atoms with van der Waals surface area (Å²) in [7, 11) is -3.40. The lowest BCUT2D eigenvalue weighted by atomic mass is 10.2. The highest BCUT2D eigenvalue weighted by Gasteiger charge is 2.18. The van der Waals surface area contributed by atoms with Crippen molar-refractivity contribution in [2.45, 2.75) is 36.9 Å². The van der Waals surface area contributed by atoms with E-state index in [4.69, 9.17) is 0 Å². The maximum absolute atomic E-state index is 12.3. The maximum Gasteiger partial charge on any atom is 0.209 e. The molecule has 1 heterocycles. The van der Waals surface area contributed by atoms with Gasteiger partial charge in [0.15, 0.2) is 9.84 Å². The fraction of sp³-hybridized carbons (Fsp3) is 0.462. The van der Waals surface area contributed by atoms with Gasteiger partial charge in [-0.2, -0.15) is 0 Å². The van der Waals surface area contributed by atoms with E-state index in [9.17, 15) is 13.5 Å². The highest BCUT2D eigenvalue weighted by molar-refractivity contribution is 7.99. The Kier molecular flexibility index (Phi) is 5.41.